The van der Waals surface area contributed by atoms with Crippen LogP contribution in [-0.2, 0) is 15.6 Å². The van der Waals surface area contributed by atoms with Gasteiger partial charge in [-0.2, -0.15) is 13.1 Å². The molecule has 40 heavy (non-hydrogen) atoms. The van der Waals surface area contributed by atoms with Crippen LogP contribution in [0, 0.1) is 0 Å². The Balaban J connectivity index is 1.33. The molecule has 214 valence electrons. The van der Waals surface area contributed by atoms with E-state index in [1.165, 1.54) is 13.2 Å². The second-order valence-electron chi connectivity index (χ2n) is 9.58. The van der Waals surface area contributed by atoms with Crippen LogP contribution in [0.2, 0.25) is 10.3 Å². The van der Waals surface area contributed by atoms with Gasteiger partial charge >= 0.3 is 0 Å². The molecule has 0 atom stereocenters. The molecule has 1 aromatic heterocycles. The molecule has 1 saturated carbocycles. The molecule has 0 bridgehead atoms. The first-order valence-electron chi connectivity index (χ1n) is 12.9. The Bertz CT molecular complexity index is 1380. The zero-order valence-electron chi connectivity index (χ0n) is 22.0. The van der Waals surface area contributed by atoms with E-state index in [0.717, 1.165) is 5.56 Å². The number of nitrogens with zero attached hydrogens (tertiary/aromatic N) is 2. The van der Waals surface area contributed by atoms with E-state index in [1.54, 1.807) is 18.2 Å². The van der Waals surface area contributed by atoms with Crippen LogP contribution in [0.4, 0.5) is 5.95 Å². The summed E-state index contributed by atoms with van der Waals surface area (Å²) in [5, 5.41) is 6.36. The largest absolute Gasteiger partial charge is 0.496 e. The third-order valence-electron chi connectivity index (χ3n) is 6.95. The number of halogens is 2. The van der Waals surface area contributed by atoms with Gasteiger partial charge in [0, 0.05) is 37.2 Å². The lowest BCUT2D eigenvalue weighted by molar-refractivity contribution is 0.0932. The first kappa shape index (κ1) is 30.0. The molecule has 4 rings (SSSR count). The van der Waals surface area contributed by atoms with E-state index in [2.05, 4.69) is 42.2 Å². The molecule has 3 aromatic rings. The predicted octanol–water partition coefficient (Wildman–Crippen LogP) is 3.94. The Morgan fingerprint density at radius 2 is 1.65 bits per heavy atom. The lowest BCUT2D eigenvalue weighted by atomic mass is 9.68. The van der Waals surface area contributed by atoms with Crippen LogP contribution in [0.1, 0.15) is 41.6 Å². The van der Waals surface area contributed by atoms with Crippen LogP contribution in [0.5, 0.6) is 5.75 Å². The van der Waals surface area contributed by atoms with Gasteiger partial charge in [0.25, 0.3) is 16.1 Å². The smallest absolute Gasteiger partial charge is 0.277 e. The van der Waals surface area contributed by atoms with Gasteiger partial charge in [-0.15, -0.1) is 0 Å². The minimum atomic E-state index is -3.74. The molecule has 0 radical (unpaired) electrons. The number of carbonyl (C=O) groups is 1. The normalized spacial score (nSPS) is 19.1. The molecule has 0 aliphatic heterocycles. The highest BCUT2D eigenvalue weighted by Gasteiger charge is 2.38. The summed E-state index contributed by atoms with van der Waals surface area (Å²) in [6, 6.07) is 18.3. The van der Waals surface area contributed by atoms with Gasteiger partial charge in [0.05, 0.1) is 12.7 Å². The number of para-hydroxylation sites is 1. The van der Waals surface area contributed by atoms with Crippen molar-refractivity contribution in [1.82, 2.24) is 24.7 Å². The number of anilines is 1. The maximum absolute atomic E-state index is 13.0. The maximum atomic E-state index is 13.0. The summed E-state index contributed by atoms with van der Waals surface area (Å²) in [6.07, 6.45) is 2.64. The van der Waals surface area contributed by atoms with Gasteiger partial charge in [-0.05, 0) is 43.4 Å². The van der Waals surface area contributed by atoms with E-state index in [4.69, 9.17) is 27.9 Å². The number of hydrogen-bond acceptors (Lipinski definition) is 7. The lowest BCUT2D eigenvalue weighted by Gasteiger charge is -2.41. The van der Waals surface area contributed by atoms with E-state index < -0.39 is 10.2 Å². The van der Waals surface area contributed by atoms with E-state index in [1.807, 2.05) is 24.3 Å². The predicted molar refractivity (Wildman–Crippen MR) is 156 cm³/mol. The van der Waals surface area contributed by atoms with Crippen molar-refractivity contribution in [2.24, 2.45) is 0 Å². The summed E-state index contributed by atoms with van der Waals surface area (Å²) in [5.41, 5.74) is 1.26. The standard InChI is InChI=1S/C27H32Cl2N6O4S/c1-39-22-10-6-5-9-21(22)25(36)31-18-27(19-7-3-2-4-8-19)13-11-20(12-14-27)35-40(37,38)32-16-15-30-26-33-23(28)17-24(29)34-26/h2-10,17,20,32,35H,11-16,18H2,1H3,(H,31,36)(H,30,33,34). The number of benzene rings is 2. The molecule has 1 heterocycles. The fourth-order valence-electron chi connectivity index (χ4n) is 4.91. The Labute approximate surface area is 244 Å². The summed E-state index contributed by atoms with van der Waals surface area (Å²) < 4.78 is 36.0. The van der Waals surface area contributed by atoms with Crippen molar-refractivity contribution in [2.75, 3.05) is 32.1 Å². The van der Waals surface area contributed by atoms with E-state index >= 15 is 0 Å². The minimum absolute atomic E-state index is 0.110. The summed E-state index contributed by atoms with van der Waals surface area (Å²) in [6.45, 7) is 0.774. The van der Waals surface area contributed by atoms with Gasteiger partial charge in [-0.1, -0.05) is 65.7 Å². The highest BCUT2D eigenvalue weighted by Crippen LogP contribution is 2.39. The monoisotopic (exact) mass is 606 g/mol. The van der Waals surface area contributed by atoms with E-state index in [0.29, 0.717) is 43.5 Å². The average molecular weight is 608 g/mol. The van der Waals surface area contributed by atoms with Gasteiger partial charge < -0.3 is 15.4 Å². The van der Waals surface area contributed by atoms with E-state index in [9.17, 15) is 13.2 Å². The number of aromatic nitrogens is 2. The zero-order valence-corrected chi connectivity index (χ0v) is 24.3. The Morgan fingerprint density at radius 1 is 1.00 bits per heavy atom. The first-order chi connectivity index (χ1) is 19.2. The highest BCUT2D eigenvalue weighted by atomic mass is 35.5. The molecule has 2 aromatic carbocycles. The van der Waals surface area contributed by atoms with Crippen LogP contribution in [0.3, 0.4) is 0 Å². The molecular formula is C27H32Cl2N6O4S. The topological polar surface area (TPSA) is 134 Å². The van der Waals surface area contributed by atoms with Crippen LogP contribution in [0.25, 0.3) is 0 Å². The third kappa shape index (κ3) is 8.05. The molecule has 4 N–H and O–H groups in total. The maximum Gasteiger partial charge on any atom is 0.277 e. The van der Waals surface area contributed by atoms with Crippen molar-refractivity contribution in [3.05, 3.63) is 82.1 Å². The molecule has 0 spiro atoms. The van der Waals surface area contributed by atoms with E-state index in [-0.39, 0.29) is 46.7 Å². The fourth-order valence-corrected chi connectivity index (χ4v) is 6.47. The molecule has 1 aliphatic carbocycles. The Kier molecular flexibility index (Phi) is 10.2. The number of rotatable bonds is 12. The second kappa shape index (κ2) is 13.6. The average Bonchev–Trinajstić information content (AvgIpc) is 2.95. The molecule has 1 aliphatic rings. The van der Waals surface area contributed by atoms with Crippen LogP contribution in [0.15, 0.2) is 60.7 Å². The Morgan fingerprint density at radius 3 is 2.33 bits per heavy atom. The summed E-state index contributed by atoms with van der Waals surface area (Å²) in [5.74, 6) is 0.518. The fraction of sp³-hybridized carbons (Fsp3) is 0.370. The van der Waals surface area contributed by atoms with Crippen molar-refractivity contribution in [3.63, 3.8) is 0 Å². The molecule has 1 fully saturated rings. The molecule has 13 heteroatoms. The molecule has 1 amide bonds. The van der Waals surface area contributed by atoms with Crippen molar-refractivity contribution < 1.29 is 17.9 Å². The second-order valence-corrected chi connectivity index (χ2v) is 11.9. The molecule has 10 nitrogen and oxygen atoms in total. The molecule has 0 saturated heterocycles. The van der Waals surface area contributed by atoms with Gasteiger partial charge in [-0.25, -0.2) is 14.7 Å². The third-order valence-corrected chi connectivity index (χ3v) is 8.57. The number of carbonyl (C=O) groups excluding carboxylic acids is 1. The van der Waals surface area contributed by atoms with Gasteiger partial charge in [0.15, 0.2) is 0 Å². The quantitative estimate of drug-likeness (QED) is 0.181. The lowest BCUT2D eigenvalue weighted by Crippen LogP contribution is -2.49. The van der Waals surface area contributed by atoms with Crippen molar-refractivity contribution in [2.45, 2.75) is 37.1 Å². The van der Waals surface area contributed by atoms with Gasteiger partial charge in [0.2, 0.25) is 5.95 Å². The van der Waals surface area contributed by atoms with Gasteiger partial charge in [-0.3, -0.25) is 4.79 Å². The Hall–Kier alpha value is -2.96. The summed E-state index contributed by atoms with van der Waals surface area (Å²) in [7, 11) is -2.20. The van der Waals surface area contributed by atoms with Crippen molar-refractivity contribution in [1.29, 1.82) is 0 Å². The number of amides is 1. The number of nitrogens with one attached hydrogen (secondary N) is 4. The van der Waals surface area contributed by atoms with Gasteiger partial charge in [0.1, 0.15) is 16.1 Å². The number of methoxy groups -OCH3 is 1. The number of hydrogen-bond donors (Lipinski definition) is 4. The van der Waals surface area contributed by atoms with Crippen LogP contribution >= 0.6 is 23.2 Å². The SMILES string of the molecule is COc1ccccc1C(=O)NCC1(c2ccccc2)CCC(NS(=O)(=O)NCCNc2nc(Cl)cc(Cl)n2)CC1. The van der Waals surface area contributed by atoms with Crippen LogP contribution in [-0.4, -0.2) is 57.1 Å². The molecular weight excluding hydrogens is 575 g/mol. The first-order valence-corrected chi connectivity index (χ1v) is 15.1. The molecule has 0 unspecified atom stereocenters. The van der Waals surface area contributed by atoms with Crippen LogP contribution < -0.4 is 24.8 Å². The van der Waals surface area contributed by atoms with Crippen molar-refractivity contribution >= 4 is 45.3 Å². The summed E-state index contributed by atoms with van der Waals surface area (Å²) >= 11 is 11.7. The zero-order chi connectivity index (χ0) is 28.6. The highest BCUT2D eigenvalue weighted by molar-refractivity contribution is 7.87. The van der Waals surface area contributed by atoms with Crippen molar-refractivity contribution in [3.8, 4) is 5.75 Å². The minimum Gasteiger partial charge on any atom is -0.496 e. The number of ether oxygens (including phenoxy) is 1. The summed E-state index contributed by atoms with van der Waals surface area (Å²) in [4.78, 5) is 21.0.